The second-order valence-electron chi connectivity index (χ2n) is 9.56. The van der Waals surface area contributed by atoms with Gasteiger partial charge in [0.1, 0.15) is 34.6 Å². The van der Waals surface area contributed by atoms with Gasteiger partial charge in [-0.3, -0.25) is 0 Å². The summed E-state index contributed by atoms with van der Waals surface area (Å²) >= 11 is 14.0. The number of allylic oxidation sites excluding steroid dienone is 1. The van der Waals surface area contributed by atoms with Crippen LogP contribution in [-0.4, -0.2) is 13.1 Å². The molecular formula is C33H22Cl2N2O5S. The normalized spacial score (nSPS) is 14.0. The standard InChI is InChI=1S/C33H22Cl2N2O5S/c1-39-26-14-19(10-13-24(26)40-17-18-6-3-2-4-7-18)28-21-12-11-20(15-25(21)42-32(37)22(28)16-36)41-33(38)31-30(35)29-23(34)8-5-9-27(29)43-31/h2-15,28H,17,37H2,1H3. The van der Waals surface area contributed by atoms with Gasteiger partial charge in [0, 0.05) is 21.7 Å². The Labute approximate surface area is 261 Å². The largest absolute Gasteiger partial charge is 0.493 e. The highest BCUT2D eigenvalue weighted by Gasteiger charge is 2.32. The van der Waals surface area contributed by atoms with E-state index in [-0.39, 0.29) is 27.1 Å². The number of hydrogen-bond acceptors (Lipinski definition) is 8. The summed E-state index contributed by atoms with van der Waals surface area (Å²) in [5.41, 5.74) is 8.87. The molecule has 0 radical (unpaired) electrons. The predicted octanol–water partition coefficient (Wildman–Crippen LogP) is 8.23. The monoisotopic (exact) mass is 628 g/mol. The quantitative estimate of drug-likeness (QED) is 0.143. The fourth-order valence-electron chi connectivity index (χ4n) is 4.92. The molecule has 1 aliphatic rings. The van der Waals surface area contributed by atoms with Crippen LogP contribution in [0.4, 0.5) is 0 Å². The molecule has 0 amide bonds. The number of thiophene rings is 1. The summed E-state index contributed by atoms with van der Waals surface area (Å²) in [5.74, 6) is 0.387. The van der Waals surface area contributed by atoms with Crippen molar-refractivity contribution in [2.75, 3.05) is 7.11 Å². The SMILES string of the molecule is COc1cc(C2C(C#N)=C(N)Oc3cc(OC(=O)c4sc5cccc(Cl)c5c4Cl)ccc32)ccc1OCc1ccccc1. The van der Waals surface area contributed by atoms with Gasteiger partial charge in [0.2, 0.25) is 5.88 Å². The van der Waals surface area contributed by atoms with Crippen molar-refractivity contribution in [3.63, 3.8) is 0 Å². The number of rotatable bonds is 7. The summed E-state index contributed by atoms with van der Waals surface area (Å²) in [4.78, 5) is 13.3. The predicted molar refractivity (Wildman–Crippen MR) is 166 cm³/mol. The van der Waals surface area contributed by atoms with E-state index in [0.717, 1.165) is 15.8 Å². The molecule has 10 heteroatoms. The summed E-state index contributed by atoms with van der Waals surface area (Å²) in [7, 11) is 1.55. The van der Waals surface area contributed by atoms with Crippen molar-refractivity contribution < 1.29 is 23.7 Å². The van der Waals surface area contributed by atoms with Gasteiger partial charge < -0.3 is 24.7 Å². The highest BCUT2D eigenvalue weighted by Crippen LogP contribution is 2.46. The molecule has 6 rings (SSSR count). The number of hydrogen-bond donors (Lipinski definition) is 1. The molecule has 43 heavy (non-hydrogen) atoms. The van der Waals surface area contributed by atoms with Crippen LogP contribution in [0, 0.1) is 11.3 Å². The summed E-state index contributed by atoms with van der Waals surface area (Å²) < 4.78 is 23.9. The topological polar surface area (TPSA) is 104 Å². The van der Waals surface area contributed by atoms with E-state index in [0.29, 0.717) is 39.8 Å². The van der Waals surface area contributed by atoms with Crippen molar-refractivity contribution in [2.45, 2.75) is 12.5 Å². The van der Waals surface area contributed by atoms with Gasteiger partial charge in [-0.1, -0.05) is 71.7 Å². The van der Waals surface area contributed by atoms with E-state index < -0.39 is 11.9 Å². The van der Waals surface area contributed by atoms with E-state index in [1.54, 1.807) is 43.5 Å². The van der Waals surface area contributed by atoms with Crippen LogP contribution in [0.2, 0.25) is 10.0 Å². The molecule has 7 nitrogen and oxygen atoms in total. The molecule has 1 unspecified atom stereocenters. The molecule has 214 valence electrons. The van der Waals surface area contributed by atoms with E-state index in [2.05, 4.69) is 6.07 Å². The van der Waals surface area contributed by atoms with Crippen LogP contribution in [0.15, 0.2) is 96.4 Å². The number of ether oxygens (including phenoxy) is 4. The van der Waals surface area contributed by atoms with Gasteiger partial charge in [0.25, 0.3) is 0 Å². The summed E-state index contributed by atoms with van der Waals surface area (Å²) in [6.07, 6.45) is 0. The third kappa shape index (κ3) is 5.46. The second kappa shape index (κ2) is 11.9. The molecule has 2 heterocycles. The average molecular weight is 630 g/mol. The minimum atomic E-state index is -0.633. The number of nitrogens with two attached hydrogens (primary N) is 1. The number of nitriles is 1. The maximum atomic E-state index is 13.1. The van der Waals surface area contributed by atoms with Gasteiger partial charge in [-0.05, 0) is 41.5 Å². The molecule has 2 N–H and O–H groups in total. The van der Waals surface area contributed by atoms with Gasteiger partial charge in [-0.15, -0.1) is 11.3 Å². The lowest BCUT2D eigenvalue weighted by Crippen LogP contribution is -2.21. The van der Waals surface area contributed by atoms with Crippen molar-refractivity contribution >= 4 is 50.6 Å². The van der Waals surface area contributed by atoms with Gasteiger partial charge in [0.15, 0.2) is 11.5 Å². The third-order valence-electron chi connectivity index (χ3n) is 6.95. The molecule has 0 bridgehead atoms. The molecule has 1 atom stereocenters. The smallest absolute Gasteiger partial charge is 0.355 e. The van der Waals surface area contributed by atoms with Crippen molar-refractivity contribution in [3.8, 4) is 29.1 Å². The lowest BCUT2D eigenvalue weighted by molar-refractivity contribution is 0.0740. The van der Waals surface area contributed by atoms with Crippen LogP contribution >= 0.6 is 34.5 Å². The van der Waals surface area contributed by atoms with E-state index in [9.17, 15) is 10.1 Å². The second-order valence-corrected chi connectivity index (χ2v) is 11.4. The molecule has 1 aliphatic heterocycles. The van der Waals surface area contributed by atoms with E-state index in [1.807, 2.05) is 48.5 Å². The van der Waals surface area contributed by atoms with E-state index in [1.165, 1.54) is 11.3 Å². The molecule has 0 saturated carbocycles. The van der Waals surface area contributed by atoms with Crippen LogP contribution in [-0.2, 0) is 6.61 Å². The van der Waals surface area contributed by atoms with Gasteiger partial charge in [-0.2, -0.15) is 5.26 Å². The summed E-state index contributed by atoms with van der Waals surface area (Å²) in [6.45, 7) is 0.369. The minimum Gasteiger partial charge on any atom is -0.493 e. The maximum Gasteiger partial charge on any atom is 0.355 e. The minimum absolute atomic E-state index is 0.0472. The van der Waals surface area contributed by atoms with E-state index >= 15 is 0 Å². The molecule has 5 aromatic rings. The Kier molecular flexibility index (Phi) is 7.87. The molecule has 0 fully saturated rings. The Balaban J connectivity index is 1.29. The first-order valence-electron chi connectivity index (χ1n) is 13.0. The Morgan fingerprint density at radius 1 is 1.02 bits per heavy atom. The molecule has 0 saturated heterocycles. The Hall–Kier alpha value is -4.68. The van der Waals surface area contributed by atoms with Crippen LogP contribution in [0.5, 0.6) is 23.0 Å². The lowest BCUT2D eigenvalue weighted by atomic mass is 9.83. The number of benzene rings is 4. The van der Waals surface area contributed by atoms with Crippen molar-refractivity contribution in [1.82, 2.24) is 0 Å². The zero-order valence-electron chi connectivity index (χ0n) is 22.6. The van der Waals surface area contributed by atoms with E-state index in [4.69, 9.17) is 47.9 Å². The average Bonchev–Trinajstić information content (AvgIpc) is 3.37. The van der Waals surface area contributed by atoms with Crippen molar-refractivity contribution in [2.24, 2.45) is 5.73 Å². The number of carbonyl (C=O) groups is 1. The third-order valence-corrected chi connectivity index (χ3v) is 8.89. The Bertz CT molecular complexity index is 1950. The molecule has 0 spiro atoms. The van der Waals surface area contributed by atoms with Crippen molar-refractivity contribution in [1.29, 1.82) is 5.26 Å². The summed E-state index contributed by atoms with van der Waals surface area (Å²) in [5, 5.41) is 11.3. The number of methoxy groups -OCH3 is 1. The number of halogens is 2. The number of carbonyl (C=O) groups excluding carboxylic acids is 1. The van der Waals surface area contributed by atoms with Crippen LogP contribution in [0.25, 0.3) is 10.1 Å². The van der Waals surface area contributed by atoms with Gasteiger partial charge in [-0.25, -0.2) is 4.79 Å². The molecule has 1 aromatic heterocycles. The fraction of sp³-hybridized carbons (Fsp3) is 0.0909. The first kappa shape index (κ1) is 28.4. The Morgan fingerprint density at radius 3 is 2.58 bits per heavy atom. The molecule has 0 aliphatic carbocycles. The maximum absolute atomic E-state index is 13.1. The van der Waals surface area contributed by atoms with Crippen LogP contribution < -0.4 is 24.7 Å². The van der Waals surface area contributed by atoms with Gasteiger partial charge in [0.05, 0.1) is 23.1 Å². The fourth-order valence-corrected chi connectivity index (χ4v) is 6.74. The van der Waals surface area contributed by atoms with Crippen LogP contribution in [0.1, 0.15) is 32.3 Å². The summed E-state index contributed by atoms with van der Waals surface area (Å²) in [6, 6.07) is 27.7. The number of esters is 1. The Morgan fingerprint density at radius 2 is 1.84 bits per heavy atom. The molecular weight excluding hydrogens is 607 g/mol. The van der Waals surface area contributed by atoms with Crippen molar-refractivity contribution in [3.05, 3.63) is 128 Å². The number of fused-ring (bicyclic) bond motifs is 2. The van der Waals surface area contributed by atoms with Gasteiger partial charge >= 0.3 is 5.97 Å². The highest BCUT2D eigenvalue weighted by atomic mass is 35.5. The first-order chi connectivity index (χ1) is 20.9. The van der Waals surface area contributed by atoms with Crippen LogP contribution in [0.3, 0.4) is 0 Å². The zero-order chi connectivity index (χ0) is 30.1. The zero-order valence-corrected chi connectivity index (χ0v) is 24.9. The lowest BCUT2D eigenvalue weighted by Gasteiger charge is -2.27. The molecule has 4 aromatic carbocycles. The number of nitrogens with zero attached hydrogens (tertiary/aromatic N) is 1. The first-order valence-corrected chi connectivity index (χ1v) is 14.6. The highest BCUT2D eigenvalue weighted by molar-refractivity contribution is 7.21.